The van der Waals surface area contributed by atoms with Crippen LogP contribution in [-0.2, 0) is 13.2 Å². The summed E-state index contributed by atoms with van der Waals surface area (Å²) in [5.41, 5.74) is 5.77. The van der Waals surface area contributed by atoms with Crippen LogP contribution in [0.2, 0.25) is 5.02 Å². The van der Waals surface area contributed by atoms with Gasteiger partial charge in [-0.2, -0.15) is 0 Å². The van der Waals surface area contributed by atoms with Crippen LogP contribution < -0.4 is 14.8 Å². The van der Waals surface area contributed by atoms with Gasteiger partial charge < -0.3 is 14.8 Å². The van der Waals surface area contributed by atoms with Crippen molar-refractivity contribution in [3.8, 4) is 11.5 Å². The van der Waals surface area contributed by atoms with Gasteiger partial charge in [-0.15, -0.1) is 0 Å². The van der Waals surface area contributed by atoms with Gasteiger partial charge in [0.1, 0.15) is 6.61 Å². The molecule has 0 aromatic heterocycles. The van der Waals surface area contributed by atoms with Crippen molar-refractivity contribution >= 4 is 17.3 Å². The molecule has 0 amide bonds. The summed E-state index contributed by atoms with van der Waals surface area (Å²) in [5, 5.41) is 4.04. The quantitative estimate of drug-likeness (QED) is 0.469. The third-order valence-electron chi connectivity index (χ3n) is 4.68. The van der Waals surface area contributed by atoms with Crippen molar-refractivity contribution in [3.05, 3.63) is 87.9 Å². The fourth-order valence-electron chi connectivity index (χ4n) is 3.00. The van der Waals surface area contributed by atoms with Crippen molar-refractivity contribution in [1.29, 1.82) is 0 Å². The highest BCUT2D eigenvalue weighted by molar-refractivity contribution is 6.32. The number of hydrogen-bond acceptors (Lipinski definition) is 3. The zero-order chi connectivity index (χ0) is 19.9. The van der Waals surface area contributed by atoms with E-state index >= 15 is 0 Å². The SMILES string of the molecule is CCOc1cc(CNc2cccc(C)c2C)cc(Cl)c1OCc1ccccc1. The Morgan fingerprint density at radius 1 is 0.893 bits per heavy atom. The predicted octanol–water partition coefficient (Wildman–Crippen LogP) is 6.55. The number of benzene rings is 3. The van der Waals surface area contributed by atoms with Crippen LogP contribution in [0.25, 0.3) is 0 Å². The summed E-state index contributed by atoms with van der Waals surface area (Å²) >= 11 is 6.54. The fraction of sp³-hybridized carbons (Fsp3) is 0.250. The molecular formula is C24H26ClNO2. The molecule has 0 radical (unpaired) electrons. The molecule has 0 unspecified atom stereocenters. The monoisotopic (exact) mass is 395 g/mol. The van der Waals surface area contributed by atoms with E-state index in [1.807, 2.05) is 49.4 Å². The molecule has 3 aromatic carbocycles. The lowest BCUT2D eigenvalue weighted by Gasteiger charge is -2.16. The van der Waals surface area contributed by atoms with E-state index in [2.05, 4.69) is 37.4 Å². The first-order valence-electron chi connectivity index (χ1n) is 9.50. The van der Waals surface area contributed by atoms with Gasteiger partial charge >= 0.3 is 0 Å². The van der Waals surface area contributed by atoms with Crippen molar-refractivity contribution in [3.63, 3.8) is 0 Å². The fourth-order valence-corrected chi connectivity index (χ4v) is 3.28. The molecule has 0 saturated heterocycles. The summed E-state index contributed by atoms with van der Waals surface area (Å²) in [5.74, 6) is 1.26. The van der Waals surface area contributed by atoms with E-state index in [4.69, 9.17) is 21.1 Å². The minimum absolute atomic E-state index is 0.445. The second kappa shape index (κ2) is 9.52. The van der Waals surface area contributed by atoms with Crippen molar-refractivity contribution in [1.82, 2.24) is 0 Å². The van der Waals surface area contributed by atoms with Crippen molar-refractivity contribution in [2.24, 2.45) is 0 Å². The number of ether oxygens (including phenoxy) is 2. The van der Waals surface area contributed by atoms with Crippen LogP contribution in [0.5, 0.6) is 11.5 Å². The zero-order valence-electron chi connectivity index (χ0n) is 16.6. The van der Waals surface area contributed by atoms with Gasteiger partial charge in [0, 0.05) is 12.2 Å². The number of halogens is 1. The standard InChI is InChI=1S/C24H26ClNO2/c1-4-27-23-14-20(15-26-22-12-8-9-17(2)18(22)3)13-21(25)24(23)28-16-19-10-6-5-7-11-19/h5-14,26H,4,15-16H2,1-3H3. The minimum atomic E-state index is 0.445. The van der Waals surface area contributed by atoms with Crippen LogP contribution in [0.3, 0.4) is 0 Å². The molecule has 0 atom stereocenters. The van der Waals surface area contributed by atoms with Crippen LogP contribution >= 0.6 is 11.6 Å². The Hall–Kier alpha value is -2.65. The molecule has 28 heavy (non-hydrogen) atoms. The molecule has 0 saturated carbocycles. The largest absolute Gasteiger partial charge is 0.490 e. The molecule has 146 valence electrons. The number of rotatable bonds is 8. The number of hydrogen-bond donors (Lipinski definition) is 1. The molecule has 3 nitrogen and oxygen atoms in total. The van der Waals surface area contributed by atoms with Crippen molar-refractivity contribution in [2.45, 2.75) is 33.9 Å². The van der Waals surface area contributed by atoms with Gasteiger partial charge in [0.25, 0.3) is 0 Å². The van der Waals surface area contributed by atoms with Gasteiger partial charge in [0.15, 0.2) is 11.5 Å². The van der Waals surface area contributed by atoms with E-state index in [1.165, 1.54) is 11.1 Å². The molecule has 0 spiro atoms. The van der Waals surface area contributed by atoms with E-state index in [0.29, 0.717) is 36.3 Å². The Bertz CT molecular complexity index is 925. The second-order valence-corrected chi connectivity index (χ2v) is 7.12. The zero-order valence-corrected chi connectivity index (χ0v) is 17.3. The molecule has 0 aliphatic rings. The second-order valence-electron chi connectivity index (χ2n) is 6.71. The Labute approximate surface area is 172 Å². The molecule has 0 aliphatic carbocycles. The van der Waals surface area contributed by atoms with Crippen LogP contribution in [0.1, 0.15) is 29.2 Å². The molecule has 1 N–H and O–H groups in total. The van der Waals surface area contributed by atoms with Gasteiger partial charge in [-0.1, -0.05) is 54.1 Å². The maximum absolute atomic E-state index is 6.54. The average molecular weight is 396 g/mol. The van der Waals surface area contributed by atoms with Crippen LogP contribution in [0.15, 0.2) is 60.7 Å². The molecule has 3 aromatic rings. The Morgan fingerprint density at radius 2 is 1.68 bits per heavy atom. The first-order chi connectivity index (χ1) is 13.6. The molecule has 0 bridgehead atoms. The number of aryl methyl sites for hydroxylation is 1. The van der Waals surface area contributed by atoms with E-state index in [9.17, 15) is 0 Å². The summed E-state index contributed by atoms with van der Waals surface area (Å²) in [4.78, 5) is 0. The van der Waals surface area contributed by atoms with Gasteiger partial charge in [-0.25, -0.2) is 0 Å². The number of nitrogens with one attached hydrogen (secondary N) is 1. The summed E-state index contributed by atoms with van der Waals surface area (Å²) in [6.45, 7) is 7.84. The predicted molar refractivity (Wildman–Crippen MR) is 117 cm³/mol. The van der Waals surface area contributed by atoms with Crippen LogP contribution in [0.4, 0.5) is 5.69 Å². The Kier molecular flexibility index (Phi) is 6.83. The van der Waals surface area contributed by atoms with Gasteiger partial charge in [0.2, 0.25) is 0 Å². The summed E-state index contributed by atoms with van der Waals surface area (Å²) in [7, 11) is 0. The first kappa shape index (κ1) is 20.1. The Balaban J connectivity index is 1.77. The normalized spacial score (nSPS) is 10.6. The molecule has 3 rings (SSSR count). The highest BCUT2D eigenvalue weighted by Crippen LogP contribution is 2.37. The molecule has 4 heteroatoms. The smallest absolute Gasteiger partial charge is 0.180 e. The van der Waals surface area contributed by atoms with Crippen molar-refractivity contribution in [2.75, 3.05) is 11.9 Å². The lowest BCUT2D eigenvalue weighted by molar-refractivity contribution is 0.269. The van der Waals surface area contributed by atoms with Crippen LogP contribution in [-0.4, -0.2) is 6.61 Å². The third-order valence-corrected chi connectivity index (χ3v) is 4.96. The molecule has 0 heterocycles. The number of anilines is 1. The maximum Gasteiger partial charge on any atom is 0.180 e. The topological polar surface area (TPSA) is 30.5 Å². The highest BCUT2D eigenvalue weighted by Gasteiger charge is 2.13. The molecule has 0 fully saturated rings. The van der Waals surface area contributed by atoms with E-state index in [-0.39, 0.29) is 0 Å². The van der Waals surface area contributed by atoms with E-state index < -0.39 is 0 Å². The average Bonchev–Trinajstić information content (AvgIpc) is 2.69. The van der Waals surface area contributed by atoms with Crippen molar-refractivity contribution < 1.29 is 9.47 Å². The lowest BCUT2D eigenvalue weighted by Crippen LogP contribution is -2.05. The summed E-state index contributed by atoms with van der Waals surface area (Å²) < 4.78 is 11.8. The highest BCUT2D eigenvalue weighted by atomic mass is 35.5. The van der Waals surface area contributed by atoms with Gasteiger partial charge in [-0.05, 0) is 61.2 Å². The molecule has 0 aliphatic heterocycles. The van der Waals surface area contributed by atoms with Gasteiger partial charge in [0.05, 0.1) is 11.6 Å². The molecular weight excluding hydrogens is 370 g/mol. The lowest BCUT2D eigenvalue weighted by atomic mass is 10.1. The Morgan fingerprint density at radius 3 is 2.43 bits per heavy atom. The van der Waals surface area contributed by atoms with Gasteiger partial charge in [-0.3, -0.25) is 0 Å². The van der Waals surface area contributed by atoms with E-state index in [1.54, 1.807) is 0 Å². The van der Waals surface area contributed by atoms with E-state index in [0.717, 1.165) is 16.8 Å². The summed E-state index contributed by atoms with van der Waals surface area (Å²) in [6.07, 6.45) is 0. The first-order valence-corrected chi connectivity index (χ1v) is 9.88. The maximum atomic E-state index is 6.54. The summed E-state index contributed by atoms with van der Waals surface area (Å²) in [6, 6.07) is 20.2. The van der Waals surface area contributed by atoms with Crippen LogP contribution in [0, 0.1) is 13.8 Å². The third kappa shape index (κ3) is 4.99. The minimum Gasteiger partial charge on any atom is -0.490 e.